The molecule has 0 spiro atoms. The van der Waals surface area contributed by atoms with Crippen molar-refractivity contribution in [2.75, 3.05) is 6.54 Å². The number of nitro groups is 1. The molecule has 0 aliphatic carbocycles. The lowest BCUT2D eigenvalue weighted by Gasteiger charge is -2.18. The fraction of sp³-hybridized carbons (Fsp3) is 0.600. The van der Waals surface area contributed by atoms with Crippen LogP contribution in [0.5, 0.6) is 0 Å². The van der Waals surface area contributed by atoms with Gasteiger partial charge in [0.15, 0.2) is 0 Å². The fourth-order valence-electron chi connectivity index (χ4n) is 2.20. The van der Waals surface area contributed by atoms with E-state index < -0.39 is 0 Å². The highest BCUT2D eigenvalue weighted by molar-refractivity contribution is 5.40. The van der Waals surface area contributed by atoms with Gasteiger partial charge in [0.05, 0.1) is 4.92 Å². The summed E-state index contributed by atoms with van der Waals surface area (Å²) in [5.41, 5.74) is 1.07. The van der Waals surface area contributed by atoms with E-state index in [2.05, 4.69) is 19.2 Å². The van der Waals surface area contributed by atoms with Crippen LogP contribution in [0.15, 0.2) is 24.3 Å². The maximum atomic E-state index is 11.0. The zero-order valence-corrected chi connectivity index (χ0v) is 11.9. The van der Waals surface area contributed by atoms with Gasteiger partial charge in [-0.25, -0.2) is 0 Å². The molecule has 0 saturated carbocycles. The van der Waals surface area contributed by atoms with E-state index in [1.54, 1.807) is 12.1 Å². The maximum Gasteiger partial charge on any atom is 0.272 e. The summed E-state index contributed by atoms with van der Waals surface area (Å²) < 4.78 is 0. The van der Waals surface area contributed by atoms with Crippen molar-refractivity contribution in [3.63, 3.8) is 0 Å². The Morgan fingerprint density at radius 2 is 2.00 bits per heavy atom. The lowest BCUT2D eigenvalue weighted by molar-refractivity contribution is -0.385. The number of unbranched alkanes of at least 4 members (excludes halogenated alkanes) is 1. The van der Waals surface area contributed by atoms with Crippen molar-refractivity contribution < 1.29 is 4.92 Å². The van der Waals surface area contributed by atoms with E-state index >= 15 is 0 Å². The summed E-state index contributed by atoms with van der Waals surface area (Å²) in [5.74, 6) is 0. The van der Waals surface area contributed by atoms with E-state index in [0.717, 1.165) is 44.2 Å². The molecular formula is C15H24N2O2. The van der Waals surface area contributed by atoms with Crippen LogP contribution in [0.1, 0.15) is 45.1 Å². The Balaban J connectivity index is 2.74. The number of hydrogen-bond acceptors (Lipinski definition) is 3. The largest absolute Gasteiger partial charge is 0.314 e. The van der Waals surface area contributed by atoms with E-state index in [-0.39, 0.29) is 10.6 Å². The highest BCUT2D eigenvalue weighted by atomic mass is 16.6. The summed E-state index contributed by atoms with van der Waals surface area (Å²) in [7, 11) is 0. The number of rotatable bonds is 9. The molecule has 0 bridgehead atoms. The van der Waals surface area contributed by atoms with Gasteiger partial charge in [0.1, 0.15) is 0 Å². The minimum absolute atomic E-state index is 0.238. The summed E-state index contributed by atoms with van der Waals surface area (Å²) in [5, 5.41) is 14.5. The SMILES string of the molecule is CCCCC(Cc1ccccc1[N+](=O)[O-])NCCC. The molecule has 0 aliphatic heterocycles. The van der Waals surface area contributed by atoms with Crippen LogP contribution in [0.3, 0.4) is 0 Å². The maximum absolute atomic E-state index is 11.0. The molecule has 4 heteroatoms. The zero-order valence-electron chi connectivity index (χ0n) is 11.9. The third-order valence-corrected chi connectivity index (χ3v) is 3.24. The van der Waals surface area contributed by atoms with Crippen LogP contribution in [-0.4, -0.2) is 17.5 Å². The second-order valence-electron chi connectivity index (χ2n) is 4.88. The Labute approximate surface area is 115 Å². The molecular weight excluding hydrogens is 240 g/mol. The van der Waals surface area contributed by atoms with Gasteiger partial charge in [0.25, 0.3) is 5.69 Å². The Kier molecular flexibility index (Phi) is 7.11. The molecule has 1 N–H and O–H groups in total. The van der Waals surface area contributed by atoms with E-state index in [0.29, 0.717) is 6.04 Å². The third-order valence-electron chi connectivity index (χ3n) is 3.24. The van der Waals surface area contributed by atoms with Crippen LogP contribution in [-0.2, 0) is 6.42 Å². The Hall–Kier alpha value is -1.42. The van der Waals surface area contributed by atoms with Crippen molar-refractivity contribution in [3.8, 4) is 0 Å². The predicted molar refractivity (Wildman–Crippen MR) is 78.4 cm³/mol. The summed E-state index contributed by atoms with van der Waals surface area (Å²) in [4.78, 5) is 10.7. The summed E-state index contributed by atoms with van der Waals surface area (Å²) in [6, 6.07) is 7.39. The molecule has 1 rings (SSSR count). The summed E-state index contributed by atoms with van der Waals surface area (Å²) in [6.07, 6.45) is 5.20. The predicted octanol–water partition coefficient (Wildman–Crippen LogP) is 3.70. The van der Waals surface area contributed by atoms with Crippen LogP contribution < -0.4 is 5.32 Å². The molecule has 4 nitrogen and oxygen atoms in total. The number of benzene rings is 1. The normalized spacial score (nSPS) is 12.3. The molecule has 1 aromatic rings. The zero-order chi connectivity index (χ0) is 14.1. The van der Waals surface area contributed by atoms with Gasteiger partial charge in [-0.1, -0.05) is 44.9 Å². The van der Waals surface area contributed by atoms with E-state index in [9.17, 15) is 10.1 Å². The van der Waals surface area contributed by atoms with E-state index in [1.165, 1.54) is 0 Å². The molecule has 106 valence electrons. The highest BCUT2D eigenvalue weighted by Crippen LogP contribution is 2.20. The van der Waals surface area contributed by atoms with Crippen molar-refractivity contribution in [1.29, 1.82) is 0 Å². The Bertz CT molecular complexity index is 385. The first kappa shape index (κ1) is 15.6. The molecule has 0 amide bonds. The highest BCUT2D eigenvalue weighted by Gasteiger charge is 2.16. The van der Waals surface area contributed by atoms with Crippen molar-refractivity contribution in [2.45, 2.75) is 52.0 Å². The van der Waals surface area contributed by atoms with Crippen LogP contribution in [0, 0.1) is 10.1 Å². The standard InChI is InChI=1S/C15H24N2O2/c1-3-5-9-14(16-11-4-2)12-13-8-6-7-10-15(13)17(18)19/h6-8,10,14,16H,3-5,9,11-12H2,1-2H3. The molecule has 0 fully saturated rings. The van der Waals surface area contributed by atoms with Crippen molar-refractivity contribution in [1.82, 2.24) is 5.32 Å². The topological polar surface area (TPSA) is 55.2 Å². The number of nitrogens with one attached hydrogen (secondary N) is 1. The van der Waals surface area contributed by atoms with E-state index in [1.807, 2.05) is 12.1 Å². The fourth-order valence-corrected chi connectivity index (χ4v) is 2.20. The van der Waals surface area contributed by atoms with Crippen molar-refractivity contribution in [3.05, 3.63) is 39.9 Å². The molecule has 1 atom stereocenters. The number of nitro benzene ring substituents is 1. The van der Waals surface area contributed by atoms with Gasteiger partial charge in [-0.3, -0.25) is 10.1 Å². The smallest absolute Gasteiger partial charge is 0.272 e. The average molecular weight is 264 g/mol. The Morgan fingerprint density at radius 3 is 2.63 bits per heavy atom. The monoisotopic (exact) mass is 264 g/mol. The number of nitrogens with zero attached hydrogens (tertiary/aromatic N) is 1. The second-order valence-corrected chi connectivity index (χ2v) is 4.88. The van der Waals surface area contributed by atoms with Crippen LogP contribution in [0.25, 0.3) is 0 Å². The van der Waals surface area contributed by atoms with Crippen molar-refractivity contribution >= 4 is 5.69 Å². The molecule has 19 heavy (non-hydrogen) atoms. The summed E-state index contributed by atoms with van der Waals surface area (Å²) >= 11 is 0. The van der Waals surface area contributed by atoms with Gasteiger partial charge in [-0.15, -0.1) is 0 Å². The van der Waals surface area contributed by atoms with Gasteiger partial charge in [0, 0.05) is 17.7 Å². The Morgan fingerprint density at radius 1 is 1.26 bits per heavy atom. The minimum atomic E-state index is -0.286. The number of para-hydroxylation sites is 1. The summed E-state index contributed by atoms with van der Waals surface area (Å²) in [6.45, 7) is 5.27. The molecule has 0 aromatic heterocycles. The van der Waals surface area contributed by atoms with Gasteiger partial charge < -0.3 is 5.32 Å². The van der Waals surface area contributed by atoms with Gasteiger partial charge in [0.2, 0.25) is 0 Å². The van der Waals surface area contributed by atoms with Crippen LogP contribution in [0.2, 0.25) is 0 Å². The van der Waals surface area contributed by atoms with Gasteiger partial charge in [-0.05, 0) is 25.8 Å². The first-order valence-electron chi connectivity index (χ1n) is 7.14. The first-order chi connectivity index (χ1) is 9.19. The van der Waals surface area contributed by atoms with Gasteiger partial charge in [-0.2, -0.15) is 0 Å². The molecule has 1 aromatic carbocycles. The molecule has 0 saturated heterocycles. The second kappa shape index (κ2) is 8.64. The van der Waals surface area contributed by atoms with Crippen LogP contribution in [0.4, 0.5) is 5.69 Å². The van der Waals surface area contributed by atoms with Crippen molar-refractivity contribution in [2.24, 2.45) is 0 Å². The van der Waals surface area contributed by atoms with E-state index in [4.69, 9.17) is 0 Å². The first-order valence-corrected chi connectivity index (χ1v) is 7.14. The quantitative estimate of drug-likeness (QED) is 0.546. The minimum Gasteiger partial charge on any atom is -0.314 e. The average Bonchev–Trinajstić information content (AvgIpc) is 2.42. The van der Waals surface area contributed by atoms with Crippen LogP contribution >= 0.6 is 0 Å². The molecule has 1 unspecified atom stereocenters. The molecule has 0 heterocycles. The van der Waals surface area contributed by atoms with Gasteiger partial charge >= 0.3 is 0 Å². The lowest BCUT2D eigenvalue weighted by Crippen LogP contribution is -2.32. The number of hydrogen-bond donors (Lipinski definition) is 1. The molecule has 0 radical (unpaired) electrons. The third kappa shape index (κ3) is 5.39. The lowest BCUT2D eigenvalue weighted by atomic mass is 9.99. The molecule has 0 aliphatic rings.